The molecule has 410 valence electrons. The van der Waals surface area contributed by atoms with E-state index < -0.39 is 18.5 Å². The number of halogens is 2. The van der Waals surface area contributed by atoms with Crippen LogP contribution < -0.4 is 9.64 Å². The number of nitriles is 1. The highest BCUT2D eigenvalue weighted by atomic mass is 19.3. The van der Waals surface area contributed by atoms with Crippen molar-refractivity contribution in [2.24, 2.45) is 7.05 Å². The fourth-order valence-electron chi connectivity index (χ4n) is 12.7. The minimum Gasteiger partial charge on any atom is -0.489 e. The molecule has 12 rings (SSSR count). The van der Waals surface area contributed by atoms with Gasteiger partial charge in [0.1, 0.15) is 30.7 Å². The quantitative estimate of drug-likeness (QED) is 0.113. The molecule has 6 aromatic carbocycles. The first kappa shape index (κ1) is 52.9. The van der Waals surface area contributed by atoms with Crippen molar-refractivity contribution in [2.45, 2.75) is 84.2 Å². The molecule has 5 heterocycles. The molecule has 0 spiro atoms. The van der Waals surface area contributed by atoms with Crippen molar-refractivity contribution in [3.05, 3.63) is 219 Å². The average molecular weight is 1080 g/mol. The van der Waals surface area contributed by atoms with Gasteiger partial charge in [-0.3, -0.25) is 19.1 Å². The van der Waals surface area contributed by atoms with Gasteiger partial charge in [-0.05, 0) is 151 Å². The molecule has 3 amide bonds. The molecule has 0 bridgehead atoms. The third kappa shape index (κ3) is 10.2. The molecule has 3 aliphatic heterocycles. The Hall–Kier alpha value is -8.80. The zero-order valence-electron chi connectivity index (χ0n) is 45.8. The molecule has 14 heteroatoms. The summed E-state index contributed by atoms with van der Waals surface area (Å²) < 4.78 is 44.2. The summed E-state index contributed by atoms with van der Waals surface area (Å²) in [7, 11) is 1.86. The van der Waals surface area contributed by atoms with Crippen molar-refractivity contribution in [2.75, 3.05) is 37.7 Å². The Morgan fingerprint density at radius 2 is 1.38 bits per heavy atom. The van der Waals surface area contributed by atoms with Gasteiger partial charge in [0.05, 0.1) is 11.3 Å². The molecule has 12 nitrogen and oxygen atoms in total. The summed E-state index contributed by atoms with van der Waals surface area (Å²) in [6, 6.07) is 50.3. The lowest BCUT2D eigenvalue weighted by Gasteiger charge is -2.41. The fraction of sp³-hybridized carbons (Fsp3) is 0.284. The van der Waals surface area contributed by atoms with Crippen LogP contribution in [0.15, 0.2) is 152 Å². The van der Waals surface area contributed by atoms with Crippen molar-refractivity contribution < 1.29 is 32.6 Å². The maximum absolute atomic E-state index is 16.0. The standard InChI is InChI=1S/C67H63F2N7O5/c1-43-58(65(78)76(62-35-51(37-70)75(44(62)2)66(68)69)50-24-26-53(27-25-50)80-41-45-16-6-4-7-17-45)36-63(71(43)3)59-33-47-28-31-73(67(79)81-42-61-56-22-12-10-20-54(56)55-21-11-13-23-57(55)61)38-49(47)34-60(59)64(77)74-39-48-19-9-8-18-46(48)32-52(74)40-72-29-14-5-15-30-72/h4,6-13,16-27,33-36,52,61,66H,5,14-15,28-32,38-42H2,1-3H3/t52-/m0/s1. The monoisotopic (exact) mass is 1080 g/mol. The highest BCUT2D eigenvalue weighted by molar-refractivity contribution is 6.13. The van der Waals surface area contributed by atoms with Gasteiger partial charge in [0, 0.05) is 79.1 Å². The predicted molar refractivity (Wildman–Crippen MR) is 308 cm³/mol. The lowest BCUT2D eigenvalue weighted by Crippen LogP contribution is -2.51. The van der Waals surface area contributed by atoms with Crippen LogP contribution in [0, 0.1) is 25.2 Å². The number of aromatic nitrogens is 2. The van der Waals surface area contributed by atoms with Gasteiger partial charge in [0.15, 0.2) is 0 Å². The van der Waals surface area contributed by atoms with Gasteiger partial charge in [-0.2, -0.15) is 14.0 Å². The van der Waals surface area contributed by atoms with Crippen molar-refractivity contribution >= 4 is 29.3 Å². The number of anilines is 2. The van der Waals surface area contributed by atoms with Crippen LogP contribution in [0.25, 0.3) is 22.4 Å². The molecule has 1 atom stereocenters. The number of carbonyl (C=O) groups excluding carboxylic acids is 3. The highest BCUT2D eigenvalue weighted by Crippen LogP contribution is 2.45. The lowest BCUT2D eigenvalue weighted by atomic mass is 9.89. The van der Waals surface area contributed by atoms with E-state index in [1.165, 1.54) is 29.9 Å². The second-order valence-electron chi connectivity index (χ2n) is 21.8. The first-order valence-corrected chi connectivity index (χ1v) is 28.0. The first-order chi connectivity index (χ1) is 39.4. The van der Waals surface area contributed by atoms with Crippen molar-refractivity contribution in [3.8, 4) is 34.2 Å². The molecule has 0 radical (unpaired) electrons. The number of hydrogen-bond acceptors (Lipinski definition) is 7. The Bertz CT molecular complexity index is 3700. The van der Waals surface area contributed by atoms with E-state index in [9.17, 15) is 18.8 Å². The van der Waals surface area contributed by atoms with E-state index >= 15 is 9.59 Å². The maximum Gasteiger partial charge on any atom is 0.410 e. The number of piperidine rings is 1. The Morgan fingerprint density at radius 3 is 2.07 bits per heavy atom. The molecule has 81 heavy (non-hydrogen) atoms. The lowest BCUT2D eigenvalue weighted by molar-refractivity contribution is 0.0566. The second-order valence-corrected chi connectivity index (χ2v) is 21.8. The van der Waals surface area contributed by atoms with Crippen molar-refractivity contribution in [3.63, 3.8) is 0 Å². The molecule has 0 N–H and O–H groups in total. The van der Waals surface area contributed by atoms with Crippen LogP contribution in [0.1, 0.15) is 108 Å². The number of benzene rings is 6. The summed E-state index contributed by atoms with van der Waals surface area (Å²) in [6.07, 6.45) is 4.19. The summed E-state index contributed by atoms with van der Waals surface area (Å²) in [5.74, 6) is -0.240. The summed E-state index contributed by atoms with van der Waals surface area (Å²) in [5, 5.41) is 10.1. The first-order valence-electron chi connectivity index (χ1n) is 28.0. The van der Waals surface area contributed by atoms with E-state index in [4.69, 9.17) is 9.47 Å². The summed E-state index contributed by atoms with van der Waals surface area (Å²) in [5.41, 5.74) is 12.4. The molecule has 2 aromatic heterocycles. The summed E-state index contributed by atoms with van der Waals surface area (Å²) >= 11 is 0. The number of fused-ring (bicyclic) bond motifs is 5. The Morgan fingerprint density at radius 1 is 0.704 bits per heavy atom. The van der Waals surface area contributed by atoms with Gasteiger partial charge >= 0.3 is 12.6 Å². The van der Waals surface area contributed by atoms with Crippen LogP contribution in [0.4, 0.5) is 25.0 Å². The summed E-state index contributed by atoms with van der Waals surface area (Å²) in [4.78, 5) is 53.3. The molecule has 4 aliphatic rings. The van der Waals surface area contributed by atoms with E-state index in [0.29, 0.717) is 71.1 Å². The highest BCUT2D eigenvalue weighted by Gasteiger charge is 2.37. The minimum absolute atomic E-state index is 0.0324. The molecule has 1 aliphatic carbocycles. The van der Waals surface area contributed by atoms with Crippen LogP contribution in [0.5, 0.6) is 5.75 Å². The van der Waals surface area contributed by atoms with E-state index in [2.05, 4.69) is 53.4 Å². The maximum atomic E-state index is 16.0. The third-order valence-electron chi connectivity index (χ3n) is 17.1. The number of likely N-dealkylation sites (tertiary alicyclic amines) is 1. The predicted octanol–water partition coefficient (Wildman–Crippen LogP) is 13.3. The Balaban J connectivity index is 0.913. The largest absolute Gasteiger partial charge is 0.489 e. The molecular weight excluding hydrogens is 1020 g/mol. The van der Waals surface area contributed by atoms with Gasteiger partial charge in [-0.15, -0.1) is 0 Å². The van der Waals surface area contributed by atoms with Crippen LogP contribution in [0.2, 0.25) is 0 Å². The van der Waals surface area contributed by atoms with Crippen LogP contribution in [-0.2, 0) is 44.3 Å². The second kappa shape index (κ2) is 22.4. The van der Waals surface area contributed by atoms with Gasteiger partial charge in [0.2, 0.25) is 0 Å². The number of nitrogens with zero attached hydrogens (tertiary/aromatic N) is 7. The van der Waals surface area contributed by atoms with E-state index in [0.717, 1.165) is 77.0 Å². The molecule has 1 fully saturated rings. The van der Waals surface area contributed by atoms with E-state index in [-0.39, 0.29) is 53.7 Å². The molecule has 8 aromatic rings. The number of alkyl halides is 2. The number of rotatable bonds is 13. The van der Waals surface area contributed by atoms with Gasteiger partial charge in [0.25, 0.3) is 11.8 Å². The topological polar surface area (TPSA) is 116 Å². The molecule has 0 saturated carbocycles. The van der Waals surface area contributed by atoms with E-state index in [1.807, 2.05) is 96.2 Å². The number of ether oxygens (including phenoxy) is 2. The molecule has 0 unspecified atom stereocenters. The van der Waals surface area contributed by atoms with Crippen LogP contribution in [0.3, 0.4) is 0 Å². The summed E-state index contributed by atoms with van der Waals surface area (Å²) in [6.45, 7) is 4.48. The average Bonchev–Trinajstić information content (AvgIpc) is 4.21. The van der Waals surface area contributed by atoms with Crippen LogP contribution >= 0.6 is 0 Å². The minimum atomic E-state index is -3.04. The van der Waals surface area contributed by atoms with E-state index in [1.54, 1.807) is 35.2 Å². The smallest absolute Gasteiger partial charge is 0.410 e. The fourth-order valence-corrected chi connectivity index (χ4v) is 12.7. The zero-order valence-corrected chi connectivity index (χ0v) is 45.8. The van der Waals surface area contributed by atoms with Crippen LogP contribution in [-0.4, -0.2) is 80.6 Å². The number of amides is 3. The zero-order chi connectivity index (χ0) is 55.9. The number of hydrogen-bond donors (Lipinski definition) is 0. The number of carbonyl (C=O) groups is 3. The van der Waals surface area contributed by atoms with Gasteiger partial charge in [-0.25, -0.2) is 4.79 Å². The SMILES string of the molecule is Cc1c(C(=O)N(c2ccc(OCc3ccccc3)cc2)c2cc(C#N)n(C(F)F)c2C)cc(-c2cc3c(cc2C(=O)N2Cc4ccccc4C[C@H]2CN2CCCCC2)CN(C(=O)OCC2c4ccccc4-c4ccccc42)CC3)n1C. The Labute approximate surface area is 471 Å². The molecular formula is C67H63F2N7O5. The van der Waals surface area contributed by atoms with Gasteiger partial charge < -0.3 is 28.7 Å². The normalized spacial score (nSPS) is 15.8. The van der Waals surface area contributed by atoms with Crippen molar-refractivity contribution in [1.82, 2.24) is 23.8 Å². The molecule has 1 saturated heterocycles. The third-order valence-corrected chi connectivity index (χ3v) is 17.1. The van der Waals surface area contributed by atoms with Gasteiger partial charge in [-0.1, -0.05) is 110 Å². The van der Waals surface area contributed by atoms with Crippen molar-refractivity contribution in [1.29, 1.82) is 5.26 Å². The Kier molecular flexibility index (Phi) is 14.6.